The molecule has 0 aliphatic heterocycles. The first-order valence-corrected chi connectivity index (χ1v) is 13.3. The Kier molecular flexibility index (Phi) is 7.50. The van der Waals surface area contributed by atoms with E-state index in [1.165, 1.54) is 0 Å². The Hall–Kier alpha value is -2.95. The lowest BCUT2D eigenvalue weighted by molar-refractivity contribution is -0.213. The first-order valence-electron chi connectivity index (χ1n) is 11.3. The third kappa shape index (κ3) is 5.57. The fourth-order valence-electron chi connectivity index (χ4n) is 4.31. The van der Waals surface area contributed by atoms with Crippen LogP contribution in [0.3, 0.4) is 0 Å². The summed E-state index contributed by atoms with van der Waals surface area (Å²) in [6.07, 6.45) is 5.92. The molecular weight excluding hydrogens is 466 g/mol. The predicted octanol–water partition coefficient (Wildman–Crippen LogP) is 5.28. The van der Waals surface area contributed by atoms with Gasteiger partial charge in [-0.25, -0.2) is 9.35 Å². The maximum absolute atomic E-state index is 12.9. The van der Waals surface area contributed by atoms with Crippen molar-refractivity contribution in [3.8, 4) is 6.07 Å². The molecule has 8 heteroatoms. The summed E-state index contributed by atoms with van der Waals surface area (Å²) in [5.41, 5.74) is 8.97. The number of hydrogen-bond acceptors (Lipinski definition) is 6. The second-order valence-corrected chi connectivity index (χ2v) is 11.0. The molecule has 34 heavy (non-hydrogen) atoms. The molecule has 1 fully saturated rings. The lowest BCUT2D eigenvalue weighted by atomic mass is 9.95. The molecule has 4 rings (SSSR count). The van der Waals surface area contributed by atoms with Crippen molar-refractivity contribution in [1.29, 1.82) is 5.26 Å². The summed E-state index contributed by atoms with van der Waals surface area (Å²) >= 11 is 6.21. The number of fused-ring (bicyclic) bond motifs is 1. The van der Waals surface area contributed by atoms with Crippen LogP contribution in [0.4, 0.5) is 11.5 Å². The highest BCUT2D eigenvalue weighted by molar-refractivity contribution is 7.87. The van der Waals surface area contributed by atoms with Crippen LogP contribution in [0.5, 0.6) is 0 Å². The van der Waals surface area contributed by atoms with E-state index in [1.807, 2.05) is 31.2 Å². The van der Waals surface area contributed by atoms with Crippen LogP contribution in [0.25, 0.3) is 10.9 Å². The molecule has 0 saturated heterocycles. The van der Waals surface area contributed by atoms with Crippen molar-refractivity contribution < 1.29 is 5.11 Å². The molecule has 6 nitrogen and oxygen atoms in total. The molecule has 2 N–H and O–H groups in total. The fourth-order valence-corrected chi connectivity index (χ4v) is 6.10. The van der Waals surface area contributed by atoms with Crippen LogP contribution in [0.2, 0.25) is 5.02 Å². The summed E-state index contributed by atoms with van der Waals surface area (Å²) in [6, 6.07) is 16.7. The van der Waals surface area contributed by atoms with E-state index in [-0.39, 0.29) is 28.5 Å². The topological polar surface area (TPSA) is 110 Å². The number of nitriles is 1. The number of anilines is 1. The lowest BCUT2D eigenvalue weighted by Crippen LogP contribution is -2.29. The highest BCUT2D eigenvalue weighted by atomic mass is 35.5. The van der Waals surface area contributed by atoms with Gasteiger partial charge in [-0.2, -0.15) is 5.26 Å². The van der Waals surface area contributed by atoms with Gasteiger partial charge >= 0.3 is 0 Å². The molecule has 0 radical (unpaired) electrons. The second-order valence-electron chi connectivity index (χ2n) is 8.70. The third-order valence-corrected chi connectivity index (χ3v) is 8.33. The van der Waals surface area contributed by atoms with Gasteiger partial charge in [0.25, 0.3) is 0 Å². The highest BCUT2D eigenvalue weighted by Gasteiger charge is 2.23. The summed E-state index contributed by atoms with van der Waals surface area (Å²) in [5.74, 6) is -0.0441. The van der Waals surface area contributed by atoms with Crippen molar-refractivity contribution in [1.82, 2.24) is 4.98 Å². The molecule has 176 valence electrons. The van der Waals surface area contributed by atoms with Crippen LogP contribution in [-0.2, 0) is 10.7 Å². The Labute approximate surface area is 207 Å². The Bertz CT molecular complexity index is 1320. The fraction of sp³-hybridized carbons (Fsp3) is 0.346. The van der Waals surface area contributed by atoms with E-state index in [0.717, 1.165) is 47.8 Å². The zero-order valence-corrected chi connectivity index (χ0v) is 20.8. The number of nitrogens with two attached hydrogens (primary N) is 1. The van der Waals surface area contributed by atoms with Gasteiger partial charge in [-0.3, -0.25) is 4.99 Å². The van der Waals surface area contributed by atoms with Crippen molar-refractivity contribution in [3.05, 3.63) is 64.7 Å². The number of nitrogen functional groups attached to an aromatic ring is 1. The minimum atomic E-state index is -0.278. The van der Waals surface area contributed by atoms with E-state index < -0.39 is 0 Å². The van der Waals surface area contributed by atoms with Gasteiger partial charge in [0.2, 0.25) is 0 Å². The number of pyridine rings is 1. The van der Waals surface area contributed by atoms with Crippen molar-refractivity contribution in [2.24, 2.45) is 9.36 Å². The van der Waals surface area contributed by atoms with E-state index in [4.69, 9.17) is 27.0 Å². The number of nitrogens with zero attached hydrogens (tertiary/aromatic N) is 4. The number of hydrogen-bond donors (Lipinski definition) is 1. The molecular formula is C26H27ClN5OS-. The van der Waals surface area contributed by atoms with E-state index in [0.29, 0.717) is 21.7 Å². The van der Waals surface area contributed by atoms with E-state index >= 15 is 0 Å². The van der Waals surface area contributed by atoms with Crippen LogP contribution in [0, 0.1) is 11.3 Å². The van der Waals surface area contributed by atoms with Crippen molar-refractivity contribution in [2.75, 3.05) is 12.0 Å². The lowest BCUT2D eigenvalue weighted by Gasteiger charge is -2.29. The summed E-state index contributed by atoms with van der Waals surface area (Å²) in [7, 11) is -0.278. The van der Waals surface area contributed by atoms with Crippen molar-refractivity contribution in [3.63, 3.8) is 0 Å². The molecule has 3 unspecified atom stereocenters. The smallest absolute Gasteiger partial charge is 0.126 e. The Balaban J connectivity index is 1.55. The van der Waals surface area contributed by atoms with Gasteiger partial charge in [0.15, 0.2) is 0 Å². The first-order chi connectivity index (χ1) is 16.3. The SMILES string of the molecule is CC(C#N)c1cccc(C([O-])=NC2CCCC([S@](C)=Nc3cc(N)nc4ccc(Cl)cc34)C2)c1. The number of aliphatic imine (C=N–C) groups is 1. The molecule has 3 aromatic rings. The Morgan fingerprint density at radius 1 is 1.26 bits per heavy atom. The van der Waals surface area contributed by atoms with Gasteiger partial charge < -0.3 is 10.8 Å². The molecule has 1 aliphatic carbocycles. The van der Waals surface area contributed by atoms with Crippen molar-refractivity contribution in [2.45, 2.75) is 49.8 Å². The zero-order valence-electron chi connectivity index (χ0n) is 19.2. The maximum Gasteiger partial charge on any atom is 0.126 e. The van der Waals surface area contributed by atoms with Crippen LogP contribution in [0.1, 0.15) is 49.7 Å². The Morgan fingerprint density at radius 2 is 2.09 bits per heavy atom. The molecule has 0 spiro atoms. The van der Waals surface area contributed by atoms with Crippen LogP contribution < -0.4 is 10.8 Å². The van der Waals surface area contributed by atoms with Crippen LogP contribution in [0.15, 0.2) is 57.9 Å². The molecule has 2 aromatic carbocycles. The van der Waals surface area contributed by atoms with Gasteiger partial charge in [0, 0.05) is 21.7 Å². The van der Waals surface area contributed by atoms with Gasteiger partial charge in [-0.05, 0) is 73.7 Å². The van der Waals surface area contributed by atoms with Crippen molar-refractivity contribution >= 4 is 50.6 Å². The second kappa shape index (κ2) is 10.5. The van der Waals surface area contributed by atoms with Gasteiger partial charge in [-0.15, -0.1) is 0 Å². The number of rotatable bonds is 5. The van der Waals surface area contributed by atoms with Crippen LogP contribution in [-0.4, -0.2) is 28.4 Å². The minimum Gasteiger partial charge on any atom is -0.858 e. The maximum atomic E-state index is 12.9. The monoisotopic (exact) mass is 492 g/mol. The molecule has 1 aliphatic rings. The molecule has 1 heterocycles. The Morgan fingerprint density at radius 3 is 2.88 bits per heavy atom. The minimum absolute atomic E-state index is 0.0258. The van der Waals surface area contributed by atoms with E-state index in [2.05, 4.69) is 22.3 Å². The summed E-state index contributed by atoms with van der Waals surface area (Å²) < 4.78 is 5.02. The number of benzene rings is 2. The number of halogens is 1. The molecule has 4 atom stereocenters. The first kappa shape index (κ1) is 24.2. The number of aromatic nitrogens is 1. The van der Waals surface area contributed by atoms with E-state index in [1.54, 1.807) is 24.3 Å². The average Bonchev–Trinajstić information content (AvgIpc) is 2.84. The molecule has 0 amide bonds. The van der Waals surface area contributed by atoms with E-state index in [9.17, 15) is 5.11 Å². The summed E-state index contributed by atoms with van der Waals surface area (Å²) in [4.78, 5) is 8.93. The van der Waals surface area contributed by atoms with Gasteiger partial charge in [0.05, 0.1) is 29.2 Å². The normalized spacial score (nSPS) is 20.7. The predicted molar refractivity (Wildman–Crippen MR) is 140 cm³/mol. The van der Waals surface area contributed by atoms with Gasteiger partial charge in [0.1, 0.15) is 5.82 Å². The largest absolute Gasteiger partial charge is 0.858 e. The summed E-state index contributed by atoms with van der Waals surface area (Å²) in [5, 5.41) is 23.9. The molecule has 0 bridgehead atoms. The molecule has 1 saturated carbocycles. The van der Waals surface area contributed by atoms with Gasteiger partial charge in [-0.1, -0.05) is 46.9 Å². The highest BCUT2D eigenvalue weighted by Crippen LogP contribution is 2.32. The zero-order chi connectivity index (χ0) is 24.2. The average molecular weight is 493 g/mol. The summed E-state index contributed by atoms with van der Waals surface area (Å²) in [6.45, 7) is 1.83. The van der Waals surface area contributed by atoms with Crippen LogP contribution >= 0.6 is 11.6 Å². The quantitative estimate of drug-likeness (QED) is 0.385. The standard InChI is InChI=1S/C26H28ClN5OS/c1-16(15-28)17-5-3-6-18(11-17)26(33)30-20-7-4-8-21(13-20)34(2)32-24-14-25(29)31-23-10-9-19(27)12-22(23)24/h3,5-6,9-12,14,16,20-21H,4,7-8,13H2,1-2H3,(H2,29,31)(H,30,33)/p-1/t16?,20?,21?,34-/m0/s1. The third-order valence-electron chi connectivity index (χ3n) is 6.22. The molecule has 1 aromatic heterocycles.